The zero-order valence-corrected chi connectivity index (χ0v) is 14.3. The highest BCUT2D eigenvalue weighted by molar-refractivity contribution is 8.00. The zero-order chi connectivity index (χ0) is 14.9. The molecule has 2 aromatic rings. The summed E-state index contributed by atoms with van der Waals surface area (Å²) in [5, 5.41) is 0. The van der Waals surface area contributed by atoms with Gasteiger partial charge >= 0.3 is 0 Å². The fourth-order valence-electron chi connectivity index (χ4n) is 3.36. The number of alkyl halides is 1. The Hall–Kier alpha value is -0.740. The lowest BCUT2D eigenvalue weighted by Gasteiger charge is -2.36. The van der Waals surface area contributed by atoms with Crippen LogP contribution in [0.15, 0.2) is 12.3 Å². The maximum Gasteiger partial charge on any atom is 0.160 e. The van der Waals surface area contributed by atoms with Gasteiger partial charge in [0.05, 0.1) is 5.88 Å². The van der Waals surface area contributed by atoms with E-state index in [9.17, 15) is 0 Å². The molecule has 3 nitrogen and oxygen atoms in total. The molecule has 0 aliphatic heterocycles. The molecule has 0 N–H and O–H groups in total. The summed E-state index contributed by atoms with van der Waals surface area (Å²) in [6.45, 7) is 3.06. The summed E-state index contributed by atoms with van der Waals surface area (Å²) in [4.78, 5) is 9.29. The minimum atomic E-state index is 0.318. The smallest absolute Gasteiger partial charge is 0.160 e. The Morgan fingerprint density at radius 2 is 2.10 bits per heavy atom. The van der Waals surface area contributed by atoms with Gasteiger partial charge in [0.15, 0.2) is 5.65 Å². The van der Waals surface area contributed by atoms with Gasteiger partial charge in [-0.3, -0.25) is 0 Å². The van der Waals surface area contributed by atoms with Gasteiger partial charge in [-0.2, -0.15) is 11.8 Å². The summed E-state index contributed by atoms with van der Waals surface area (Å²) >= 11 is 8.15. The first-order chi connectivity index (χ1) is 10.2. The zero-order valence-electron chi connectivity index (χ0n) is 12.7. The second-order valence-corrected chi connectivity index (χ2v) is 7.54. The number of imidazole rings is 1. The van der Waals surface area contributed by atoms with Crippen molar-refractivity contribution in [3.05, 3.63) is 23.7 Å². The average molecular weight is 324 g/mol. The van der Waals surface area contributed by atoms with E-state index in [2.05, 4.69) is 22.7 Å². The average Bonchev–Trinajstić information content (AvgIpc) is 2.87. The van der Waals surface area contributed by atoms with Gasteiger partial charge in [-0.1, -0.05) is 19.3 Å². The SMILES string of the molecule is CSC1(Cn2c(CCl)nc3c(C)ccnc32)CCCCC1. The second kappa shape index (κ2) is 6.17. The molecule has 0 unspecified atom stereocenters. The molecule has 0 saturated heterocycles. The van der Waals surface area contributed by atoms with Crippen LogP contribution in [0.25, 0.3) is 11.2 Å². The van der Waals surface area contributed by atoms with Crippen LogP contribution in [0.3, 0.4) is 0 Å². The molecule has 1 saturated carbocycles. The molecule has 21 heavy (non-hydrogen) atoms. The first kappa shape index (κ1) is 15.2. The third-order valence-corrected chi connectivity index (χ3v) is 6.32. The maximum atomic E-state index is 6.14. The molecule has 0 aromatic carbocycles. The third-order valence-electron chi connectivity index (χ3n) is 4.68. The van der Waals surface area contributed by atoms with E-state index in [4.69, 9.17) is 16.6 Å². The molecule has 3 rings (SSSR count). The molecule has 114 valence electrons. The van der Waals surface area contributed by atoms with E-state index < -0.39 is 0 Å². The summed E-state index contributed by atoms with van der Waals surface area (Å²) in [6, 6.07) is 2.02. The van der Waals surface area contributed by atoms with Crippen LogP contribution in [0.4, 0.5) is 0 Å². The fourth-order valence-corrected chi connectivity index (χ4v) is 4.52. The Morgan fingerprint density at radius 1 is 1.33 bits per heavy atom. The Balaban J connectivity index is 2.04. The molecular weight excluding hydrogens is 302 g/mol. The molecule has 1 aliphatic rings. The third kappa shape index (κ3) is 2.80. The Kier molecular flexibility index (Phi) is 4.46. The van der Waals surface area contributed by atoms with Crippen LogP contribution in [0.2, 0.25) is 0 Å². The highest BCUT2D eigenvalue weighted by Gasteiger charge is 2.33. The first-order valence-corrected chi connectivity index (χ1v) is 9.37. The summed E-state index contributed by atoms with van der Waals surface area (Å²) < 4.78 is 2.58. The number of pyridine rings is 1. The Labute approximate surface area is 135 Å². The van der Waals surface area contributed by atoms with Gasteiger partial charge in [0.2, 0.25) is 0 Å². The van der Waals surface area contributed by atoms with Crippen LogP contribution in [-0.4, -0.2) is 25.5 Å². The van der Waals surface area contributed by atoms with Gasteiger partial charge in [-0.25, -0.2) is 9.97 Å². The highest BCUT2D eigenvalue weighted by Crippen LogP contribution is 2.40. The summed E-state index contributed by atoms with van der Waals surface area (Å²) in [5.74, 6) is 1.40. The summed E-state index contributed by atoms with van der Waals surface area (Å²) in [5.41, 5.74) is 3.16. The number of aromatic nitrogens is 3. The molecule has 0 amide bonds. The van der Waals surface area contributed by atoms with Gasteiger partial charge < -0.3 is 4.57 Å². The van der Waals surface area contributed by atoms with E-state index in [1.807, 2.05) is 24.0 Å². The molecule has 0 bridgehead atoms. The topological polar surface area (TPSA) is 30.7 Å². The second-order valence-electron chi connectivity index (χ2n) is 6.00. The minimum Gasteiger partial charge on any atom is -0.310 e. The quantitative estimate of drug-likeness (QED) is 0.774. The van der Waals surface area contributed by atoms with Crippen LogP contribution in [0.1, 0.15) is 43.5 Å². The lowest BCUT2D eigenvalue weighted by molar-refractivity contribution is 0.358. The van der Waals surface area contributed by atoms with E-state index in [1.54, 1.807) is 0 Å². The number of fused-ring (bicyclic) bond motifs is 1. The van der Waals surface area contributed by atoms with E-state index in [0.717, 1.165) is 23.5 Å². The number of hydrogen-bond acceptors (Lipinski definition) is 3. The van der Waals surface area contributed by atoms with Crippen molar-refractivity contribution in [2.24, 2.45) is 0 Å². The molecule has 2 heterocycles. The van der Waals surface area contributed by atoms with Crippen molar-refractivity contribution in [1.29, 1.82) is 0 Å². The molecule has 1 aliphatic carbocycles. The molecule has 0 spiro atoms. The van der Waals surface area contributed by atoms with E-state index in [1.165, 1.54) is 37.7 Å². The van der Waals surface area contributed by atoms with Crippen LogP contribution in [0.5, 0.6) is 0 Å². The Bertz CT molecular complexity index is 632. The van der Waals surface area contributed by atoms with Crippen LogP contribution < -0.4 is 0 Å². The van der Waals surface area contributed by atoms with Crippen molar-refractivity contribution in [1.82, 2.24) is 14.5 Å². The number of rotatable bonds is 4. The van der Waals surface area contributed by atoms with Gasteiger partial charge in [-0.15, -0.1) is 11.6 Å². The van der Waals surface area contributed by atoms with Crippen molar-refractivity contribution < 1.29 is 0 Å². The van der Waals surface area contributed by atoms with E-state index in [0.29, 0.717) is 10.6 Å². The predicted octanol–water partition coefficient (Wildman–Crippen LogP) is 4.54. The molecule has 1 fully saturated rings. The van der Waals surface area contributed by atoms with Crippen molar-refractivity contribution in [3.8, 4) is 0 Å². The van der Waals surface area contributed by atoms with E-state index >= 15 is 0 Å². The molecule has 0 atom stereocenters. The van der Waals surface area contributed by atoms with Crippen molar-refractivity contribution >= 4 is 34.5 Å². The number of hydrogen-bond donors (Lipinski definition) is 0. The van der Waals surface area contributed by atoms with Crippen molar-refractivity contribution in [3.63, 3.8) is 0 Å². The van der Waals surface area contributed by atoms with Crippen molar-refractivity contribution in [2.45, 2.75) is 56.2 Å². The molecular formula is C16H22ClN3S. The van der Waals surface area contributed by atoms with E-state index in [-0.39, 0.29) is 0 Å². The molecule has 2 aromatic heterocycles. The maximum absolute atomic E-state index is 6.14. The minimum absolute atomic E-state index is 0.318. The predicted molar refractivity (Wildman–Crippen MR) is 91.2 cm³/mol. The lowest BCUT2D eigenvalue weighted by Crippen LogP contribution is -2.33. The van der Waals surface area contributed by atoms with Crippen LogP contribution in [-0.2, 0) is 12.4 Å². The van der Waals surface area contributed by atoms with Crippen LogP contribution in [0, 0.1) is 6.92 Å². The number of aryl methyl sites for hydroxylation is 1. The lowest BCUT2D eigenvalue weighted by atomic mass is 9.88. The van der Waals surface area contributed by atoms with Crippen LogP contribution >= 0.6 is 23.4 Å². The normalized spacial score (nSPS) is 18.2. The van der Waals surface area contributed by atoms with Crippen molar-refractivity contribution in [2.75, 3.05) is 6.26 Å². The van der Waals surface area contributed by atoms with Gasteiger partial charge in [0.1, 0.15) is 11.3 Å². The number of halogens is 1. The number of thioether (sulfide) groups is 1. The van der Waals surface area contributed by atoms with Gasteiger partial charge in [0, 0.05) is 17.5 Å². The summed E-state index contributed by atoms with van der Waals surface area (Å²) in [6.07, 6.45) is 10.7. The van der Waals surface area contributed by atoms with Gasteiger partial charge in [-0.05, 0) is 37.7 Å². The fraction of sp³-hybridized carbons (Fsp3) is 0.625. The largest absolute Gasteiger partial charge is 0.310 e. The first-order valence-electron chi connectivity index (χ1n) is 7.61. The standard InChI is InChI=1S/C16H22ClN3S/c1-12-6-9-18-15-14(12)19-13(10-17)20(15)11-16(21-2)7-4-3-5-8-16/h6,9H,3-5,7-8,10-11H2,1-2H3. The molecule has 5 heteroatoms. The van der Waals surface area contributed by atoms with Gasteiger partial charge in [0.25, 0.3) is 0 Å². The number of nitrogens with zero attached hydrogens (tertiary/aromatic N) is 3. The molecule has 0 radical (unpaired) electrons. The Morgan fingerprint density at radius 3 is 2.76 bits per heavy atom. The highest BCUT2D eigenvalue weighted by atomic mass is 35.5. The monoisotopic (exact) mass is 323 g/mol. The summed E-state index contributed by atoms with van der Waals surface area (Å²) in [7, 11) is 0.